The van der Waals surface area contributed by atoms with Crippen LogP contribution >= 0.6 is 34.3 Å². The van der Waals surface area contributed by atoms with Crippen molar-refractivity contribution in [1.82, 2.24) is 14.6 Å². The third kappa shape index (κ3) is 4.02. The predicted octanol–water partition coefficient (Wildman–Crippen LogP) is 2.75. The van der Waals surface area contributed by atoms with Gasteiger partial charge in [-0.25, -0.2) is 18.1 Å². The van der Waals surface area contributed by atoms with Crippen LogP contribution < -0.4 is 4.72 Å². The van der Waals surface area contributed by atoms with E-state index < -0.39 is 10.0 Å². The number of hydrogen-bond acceptors (Lipinski definition) is 6. The van der Waals surface area contributed by atoms with Crippen molar-refractivity contribution in [2.75, 3.05) is 20.6 Å². The van der Waals surface area contributed by atoms with E-state index in [0.717, 1.165) is 16.2 Å². The number of sulfonamides is 1. The molecule has 9 heteroatoms. The number of aromatic nitrogens is 1. The maximum atomic E-state index is 12.3. The lowest BCUT2D eigenvalue weighted by Crippen LogP contribution is -2.34. The second kappa shape index (κ2) is 6.72. The molecule has 0 aliphatic heterocycles. The Morgan fingerprint density at radius 3 is 2.67 bits per heavy atom. The summed E-state index contributed by atoms with van der Waals surface area (Å²) in [4.78, 5) is 7.05. The van der Waals surface area contributed by atoms with Crippen molar-refractivity contribution in [1.29, 1.82) is 0 Å². The van der Waals surface area contributed by atoms with E-state index in [9.17, 15) is 8.42 Å². The predicted molar refractivity (Wildman–Crippen MR) is 87.8 cm³/mol. The number of nitrogens with zero attached hydrogens (tertiary/aromatic N) is 2. The van der Waals surface area contributed by atoms with E-state index in [-0.39, 0.29) is 14.7 Å². The van der Waals surface area contributed by atoms with Crippen molar-refractivity contribution in [2.45, 2.75) is 17.2 Å². The van der Waals surface area contributed by atoms with Gasteiger partial charge in [0.05, 0.1) is 11.7 Å². The van der Waals surface area contributed by atoms with Gasteiger partial charge in [-0.05, 0) is 32.5 Å². The first-order valence-electron chi connectivity index (χ1n) is 6.13. The van der Waals surface area contributed by atoms with Crippen LogP contribution in [0.1, 0.15) is 16.6 Å². The van der Waals surface area contributed by atoms with Crippen molar-refractivity contribution in [3.05, 3.63) is 32.6 Å². The molecule has 0 aromatic carbocycles. The monoisotopic (exact) mass is 365 g/mol. The maximum Gasteiger partial charge on any atom is 0.252 e. The average Bonchev–Trinajstić information content (AvgIpc) is 2.99. The average molecular weight is 366 g/mol. The summed E-state index contributed by atoms with van der Waals surface area (Å²) < 4.78 is 27.8. The molecular weight excluding hydrogens is 350 g/mol. The van der Waals surface area contributed by atoms with E-state index in [2.05, 4.69) is 9.71 Å². The molecule has 5 nitrogen and oxygen atoms in total. The van der Waals surface area contributed by atoms with Crippen LogP contribution in [0.15, 0.2) is 21.7 Å². The van der Waals surface area contributed by atoms with Gasteiger partial charge in [0.2, 0.25) is 0 Å². The first-order chi connectivity index (χ1) is 9.81. The minimum atomic E-state index is -3.59. The normalized spacial score (nSPS) is 13.8. The highest BCUT2D eigenvalue weighted by molar-refractivity contribution is 7.91. The summed E-state index contributed by atoms with van der Waals surface area (Å²) in [5, 5.41) is 1.98. The van der Waals surface area contributed by atoms with Gasteiger partial charge in [0.25, 0.3) is 10.0 Å². The SMILES string of the molecule is Cc1nc(Cl)sc1S(=O)(=O)NCC(c1cccs1)N(C)C. The molecule has 0 radical (unpaired) electrons. The Hall–Kier alpha value is -0.510. The quantitative estimate of drug-likeness (QED) is 0.855. The third-order valence-corrected chi connectivity index (χ3v) is 7.20. The first kappa shape index (κ1) is 16.9. The van der Waals surface area contributed by atoms with Crippen LogP contribution in [-0.2, 0) is 10.0 Å². The van der Waals surface area contributed by atoms with E-state index in [4.69, 9.17) is 11.6 Å². The van der Waals surface area contributed by atoms with Crippen molar-refractivity contribution in [3.63, 3.8) is 0 Å². The fourth-order valence-electron chi connectivity index (χ4n) is 1.87. The lowest BCUT2D eigenvalue weighted by Gasteiger charge is -2.23. The number of nitrogens with one attached hydrogen (secondary N) is 1. The Bertz CT molecular complexity index is 695. The molecule has 116 valence electrons. The Morgan fingerprint density at radius 1 is 1.48 bits per heavy atom. The minimum Gasteiger partial charge on any atom is -0.300 e. The van der Waals surface area contributed by atoms with Crippen molar-refractivity contribution in [2.24, 2.45) is 0 Å². The summed E-state index contributed by atoms with van der Waals surface area (Å²) in [6.45, 7) is 1.93. The standard InChI is InChI=1S/C12H16ClN3O2S3/c1-8-11(20-12(13)15-8)21(17,18)14-7-9(16(2)3)10-5-4-6-19-10/h4-6,9,14H,7H2,1-3H3. The smallest absolute Gasteiger partial charge is 0.252 e. The highest BCUT2D eigenvalue weighted by atomic mass is 35.5. The van der Waals surface area contributed by atoms with Crippen LogP contribution in [-0.4, -0.2) is 38.9 Å². The third-order valence-electron chi connectivity index (χ3n) is 2.93. The largest absolute Gasteiger partial charge is 0.300 e. The summed E-state index contributed by atoms with van der Waals surface area (Å²) in [5.41, 5.74) is 0.426. The zero-order chi connectivity index (χ0) is 15.6. The van der Waals surface area contributed by atoms with Gasteiger partial charge >= 0.3 is 0 Å². The van der Waals surface area contributed by atoms with Gasteiger partial charge in [-0.2, -0.15) is 0 Å². The summed E-state index contributed by atoms with van der Waals surface area (Å²) in [6.07, 6.45) is 0. The van der Waals surface area contributed by atoms with Gasteiger partial charge in [-0.15, -0.1) is 11.3 Å². The second-order valence-electron chi connectivity index (χ2n) is 4.69. The highest BCUT2D eigenvalue weighted by Gasteiger charge is 2.24. The molecule has 2 aromatic rings. The number of aryl methyl sites for hydroxylation is 1. The van der Waals surface area contributed by atoms with E-state index in [1.807, 2.05) is 36.5 Å². The molecule has 1 unspecified atom stereocenters. The number of thiophene rings is 1. The molecule has 0 aliphatic rings. The van der Waals surface area contributed by atoms with Gasteiger partial charge < -0.3 is 4.90 Å². The summed E-state index contributed by atoms with van der Waals surface area (Å²) in [5.74, 6) is 0. The number of halogens is 1. The van der Waals surface area contributed by atoms with Crippen LogP contribution in [0.2, 0.25) is 4.47 Å². The van der Waals surface area contributed by atoms with E-state index in [1.165, 1.54) is 0 Å². The highest BCUT2D eigenvalue weighted by Crippen LogP contribution is 2.27. The number of likely N-dealkylation sites (N-methyl/N-ethyl adjacent to an activating group) is 1. The molecule has 2 heterocycles. The fourth-order valence-corrected chi connectivity index (χ4v) is 5.62. The zero-order valence-corrected chi connectivity index (χ0v) is 15.0. The van der Waals surface area contributed by atoms with Crippen LogP contribution in [0.4, 0.5) is 0 Å². The summed E-state index contributed by atoms with van der Waals surface area (Å²) >= 11 is 8.35. The van der Waals surface area contributed by atoms with Gasteiger partial charge in [0.15, 0.2) is 8.68 Å². The topological polar surface area (TPSA) is 62.3 Å². The summed E-state index contributed by atoms with van der Waals surface area (Å²) in [6, 6.07) is 3.94. The second-order valence-corrected chi connectivity index (χ2v) is 9.21. The molecule has 0 saturated heterocycles. The van der Waals surface area contributed by atoms with Crippen LogP contribution in [0.3, 0.4) is 0 Å². The van der Waals surface area contributed by atoms with E-state index >= 15 is 0 Å². The molecule has 0 aliphatic carbocycles. The maximum absolute atomic E-state index is 12.3. The van der Waals surface area contributed by atoms with Crippen molar-refractivity contribution in [3.8, 4) is 0 Å². The Balaban J connectivity index is 2.15. The van der Waals surface area contributed by atoms with Gasteiger partial charge in [0.1, 0.15) is 0 Å². The molecule has 21 heavy (non-hydrogen) atoms. The van der Waals surface area contributed by atoms with Crippen molar-refractivity contribution < 1.29 is 8.42 Å². The fraction of sp³-hybridized carbons (Fsp3) is 0.417. The van der Waals surface area contributed by atoms with E-state index in [0.29, 0.717) is 12.2 Å². The Labute approximate surface area is 137 Å². The molecule has 2 rings (SSSR count). The molecule has 0 bridgehead atoms. The molecular formula is C12H16ClN3O2S3. The van der Waals surface area contributed by atoms with Crippen molar-refractivity contribution >= 4 is 44.3 Å². The number of rotatable bonds is 6. The lowest BCUT2D eigenvalue weighted by atomic mass is 10.2. The summed E-state index contributed by atoms with van der Waals surface area (Å²) in [7, 11) is 0.258. The lowest BCUT2D eigenvalue weighted by molar-refractivity contribution is 0.303. The van der Waals surface area contributed by atoms with Crippen LogP contribution in [0, 0.1) is 6.92 Å². The number of hydrogen-bond donors (Lipinski definition) is 1. The minimum absolute atomic E-state index is 0.0107. The molecule has 0 spiro atoms. The molecule has 1 N–H and O–H groups in total. The molecule has 2 aromatic heterocycles. The number of thiazole rings is 1. The molecule has 0 saturated carbocycles. The van der Waals surface area contributed by atoms with Crippen LogP contribution in [0.5, 0.6) is 0 Å². The molecule has 1 atom stereocenters. The molecule has 0 fully saturated rings. The molecule has 0 amide bonds. The Kier molecular flexibility index (Phi) is 5.39. The van der Waals surface area contributed by atoms with E-state index in [1.54, 1.807) is 18.3 Å². The van der Waals surface area contributed by atoms with Gasteiger partial charge in [-0.1, -0.05) is 29.0 Å². The first-order valence-corrected chi connectivity index (χ1v) is 9.69. The zero-order valence-electron chi connectivity index (χ0n) is 11.8. The Morgan fingerprint density at radius 2 is 2.19 bits per heavy atom. The van der Waals surface area contributed by atoms with Gasteiger partial charge in [-0.3, -0.25) is 0 Å². The van der Waals surface area contributed by atoms with Crippen LogP contribution in [0.25, 0.3) is 0 Å². The van der Waals surface area contributed by atoms with Gasteiger partial charge in [0, 0.05) is 11.4 Å².